The molecule has 12 rings (SSSR count). The van der Waals surface area contributed by atoms with Crippen LogP contribution in [0.4, 0.5) is 38.5 Å². The van der Waals surface area contributed by atoms with Crippen molar-refractivity contribution in [3.05, 3.63) is 129 Å². The van der Waals surface area contributed by atoms with Gasteiger partial charge in [0.15, 0.2) is 16.9 Å². The molecule has 3 aliphatic rings. The predicted octanol–water partition coefficient (Wildman–Crippen LogP) is 11.6. The third kappa shape index (κ3) is 15.3. The third-order valence-electron chi connectivity index (χ3n) is 16.4. The summed E-state index contributed by atoms with van der Waals surface area (Å²) in [5, 5.41) is 42.9. The van der Waals surface area contributed by atoms with Crippen molar-refractivity contribution in [3.63, 3.8) is 0 Å². The summed E-state index contributed by atoms with van der Waals surface area (Å²) in [6, 6.07) is 21.7. The lowest BCUT2D eigenvalue weighted by molar-refractivity contribution is 0.477. The van der Waals surface area contributed by atoms with Crippen molar-refractivity contribution in [2.45, 2.75) is 64.5 Å². The summed E-state index contributed by atoms with van der Waals surface area (Å²) < 4.78 is 14.2. The number of nitrogens with one attached hydrogen (secondary N) is 4. The van der Waals surface area contributed by atoms with Crippen molar-refractivity contribution in [2.75, 3.05) is 111 Å². The van der Waals surface area contributed by atoms with Crippen LogP contribution < -0.4 is 47.9 Å². The molecule has 474 valence electrons. The number of pyridine rings is 6. The number of phenols is 2. The number of hydrogen-bond donors (Lipinski definition) is 9. The number of aliphatic imine (C=N–C) groups is 2. The van der Waals surface area contributed by atoms with E-state index in [2.05, 4.69) is 84.4 Å². The number of unbranched alkanes of at least 4 members (excludes halogenated alkanes) is 2. The molecule has 0 spiro atoms. The number of phenolic OH excluding ortho intramolecular Hbond substituents is 2. The summed E-state index contributed by atoms with van der Waals surface area (Å²) in [5.41, 5.74) is 27.9. The van der Waals surface area contributed by atoms with Crippen molar-refractivity contribution in [1.29, 1.82) is 5.41 Å². The zero-order valence-corrected chi connectivity index (χ0v) is 53.7. The maximum absolute atomic E-state index is 14.2. The molecule has 12 N–H and O–H groups in total. The Bertz CT molecular complexity index is 4170. The first kappa shape index (κ1) is 65.4. The Morgan fingerprint density at radius 3 is 1.67 bits per heavy atom. The van der Waals surface area contributed by atoms with Crippen LogP contribution in [0.25, 0.3) is 66.9 Å². The predicted molar refractivity (Wildman–Crippen MR) is 374 cm³/mol. The van der Waals surface area contributed by atoms with E-state index >= 15 is 0 Å². The van der Waals surface area contributed by atoms with Gasteiger partial charge in [-0.3, -0.25) is 9.98 Å². The second-order valence-corrected chi connectivity index (χ2v) is 23.9. The summed E-state index contributed by atoms with van der Waals surface area (Å²) in [7, 11) is 3.28. The van der Waals surface area contributed by atoms with Crippen molar-refractivity contribution in [3.8, 4) is 45.3 Å². The number of anilines is 6. The topological polar surface area (TPSA) is 290 Å². The first-order valence-electron chi connectivity index (χ1n) is 30.6. The molecule has 6 aromatic heterocycles. The molecular weight excluding hydrogens is 1210 g/mol. The number of nitrogens with two attached hydrogens (primary N) is 3. The Kier molecular flexibility index (Phi) is 21.6. The van der Waals surface area contributed by atoms with Crippen molar-refractivity contribution >= 4 is 121 Å². The average Bonchev–Trinajstić information content (AvgIpc) is 1.21. The van der Waals surface area contributed by atoms with Gasteiger partial charge in [0.25, 0.3) is 0 Å². The van der Waals surface area contributed by atoms with Crippen LogP contribution in [0, 0.1) is 11.2 Å². The van der Waals surface area contributed by atoms with E-state index in [9.17, 15) is 14.6 Å². The van der Waals surface area contributed by atoms with Crippen LogP contribution in [0.2, 0.25) is 15.1 Å². The van der Waals surface area contributed by atoms with E-state index in [0.717, 1.165) is 118 Å². The molecule has 2 unspecified atom stereocenters. The molecule has 91 heavy (non-hydrogen) atoms. The summed E-state index contributed by atoms with van der Waals surface area (Å²) in [6.45, 7) is 14.0. The monoisotopic (exact) mass is 1290 g/mol. The maximum Gasteiger partial charge on any atom is 0.161 e. The van der Waals surface area contributed by atoms with E-state index in [4.69, 9.17) is 57.4 Å². The molecule has 24 heteroatoms. The van der Waals surface area contributed by atoms with Gasteiger partial charge in [0.2, 0.25) is 0 Å². The van der Waals surface area contributed by atoms with Gasteiger partial charge in [-0.15, -0.1) is 0 Å². The van der Waals surface area contributed by atoms with Crippen LogP contribution in [-0.4, -0.2) is 150 Å². The van der Waals surface area contributed by atoms with Gasteiger partial charge in [-0.25, -0.2) is 34.3 Å². The quantitative estimate of drug-likeness (QED) is 0.0233. The van der Waals surface area contributed by atoms with E-state index < -0.39 is 5.82 Å². The highest BCUT2D eigenvalue weighted by Crippen LogP contribution is 2.39. The maximum atomic E-state index is 14.2. The fourth-order valence-corrected chi connectivity index (χ4v) is 12.2. The number of aromatic hydroxyl groups is 2. The Balaban J connectivity index is 0.000000150. The van der Waals surface area contributed by atoms with E-state index in [0.29, 0.717) is 106 Å². The summed E-state index contributed by atoms with van der Waals surface area (Å²) >= 11 is 19.9. The van der Waals surface area contributed by atoms with Crippen LogP contribution in [-0.2, 0) is 0 Å². The highest BCUT2D eigenvalue weighted by Gasteiger charge is 2.26. The van der Waals surface area contributed by atoms with Gasteiger partial charge in [0, 0.05) is 170 Å². The van der Waals surface area contributed by atoms with Gasteiger partial charge in [-0.05, 0) is 99.4 Å². The third-order valence-corrected chi connectivity index (χ3v) is 17.5. The van der Waals surface area contributed by atoms with E-state index in [-0.39, 0.29) is 17.2 Å². The Morgan fingerprint density at radius 2 is 1.13 bits per heavy atom. The molecule has 9 aromatic rings. The number of aromatic nitrogens is 6. The molecule has 3 fully saturated rings. The number of halogens is 4. The zero-order chi connectivity index (χ0) is 64.3. The first-order valence-corrected chi connectivity index (χ1v) is 31.7. The van der Waals surface area contributed by atoms with Crippen LogP contribution >= 0.6 is 34.8 Å². The molecule has 0 amide bonds. The molecule has 3 aromatic carbocycles. The first-order chi connectivity index (χ1) is 44.1. The lowest BCUT2D eigenvalue weighted by Crippen LogP contribution is -2.43. The molecule has 20 nitrogen and oxygen atoms in total. The lowest BCUT2D eigenvalue weighted by Gasteiger charge is -2.30. The number of benzene rings is 3. The second-order valence-electron chi connectivity index (χ2n) is 22.7. The number of piperazine rings is 1. The minimum absolute atomic E-state index is 0.0127. The average molecular weight is 1290 g/mol. The van der Waals surface area contributed by atoms with Crippen molar-refractivity contribution < 1.29 is 14.6 Å². The number of fused-ring (bicyclic) bond motifs is 3. The van der Waals surface area contributed by atoms with Gasteiger partial charge >= 0.3 is 0 Å². The molecule has 0 saturated carbocycles. The molecule has 3 saturated heterocycles. The Hall–Kier alpha value is -8.57. The van der Waals surface area contributed by atoms with Gasteiger partial charge in [-0.2, -0.15) is 0 Å². The number of rotatable bonds is 17. The van der Waals surface area contributed by atoms with Crippen LogP contribution in [0.3, 0.4) is 0 Å². The van der Waals surface area contributed by atoms with Gasteiger partial charge in [0.1, 0.15) is 17.3 Å². The molecule has 0 bridgehead atoms. The van der Waals surface area contributed by atoms with E-state index in [1.54, 1.807) is 56.8 Å². The highest BCUT2D eigenvalue weighted by molar-refractivity contribution is 6.38. The fourth-order valence-electron chi connectivity index (χ4n) is 11.4. The highest BCUT2D eigenvalue weighted by atomic mass is 35.5. The number of nitrogen functional groups attached to an aromatic ring is 3. The normalized spacial score (nSPS) is 15.9. The largest absolute Gasteiger partial charge is 0.507 e. The second kappa shape index (κ2) is 30.0. The molecule has 2 atom stereocenters. The van der Waals surface area contributed by atoms with Gasteiger partial charge in [-0.1, -0.05) is 61.5 Å². The smallest absolute Gasteiger partial charge is 0.161 e. The minimum Gasteiger partial charge on any atom is -0.507 e. The van der Waals surface area contributed by atoms with E-state index in [1.807, 2.05) is 36.7 Å². The van der Waals surface area contributed by atoms with Crippen LogP contribution in [0.5, 0.6) is 11.5 Å². The van der Waals surface area contributed by atoms with Gasteiger partial charge in [0.05, 0.1) is 73.5 Å². The Labute approximate surface area is 543 Å². The fraction of sp³-hybridized carbons (Fsp3) is 0.328. The molecule has 3 aliphatic heterocycles. The zero-order valence-electron chi connectivity index (χ0n) is 51.4. The molecule has 0 aliphatic carbocycles. The standard InChI is InChI=1S/C24H29ClN6O.C23H27ClN6O.C20H20ClFN6/c1-3-4-6-28-16-5-7-31(14-16)17-9-18-20(25)10-22(30-24(18)29-13-17)19-8-15(12-27-2)21(26)11-23(19)32;1-2-3-5-27-15-4-6-30(13-15)16-8-17-19(24)9-21(29-23(17)28-12-16)18-7-14(11-25)20(26)10-22(18)31;1-24-10-13-8-12(9-15(22)19(13)23)16-3-2-14-18(21)17(11-26-20(14)27-16)28-6-4-25-5-7-28/h8-13,16,28,32H,3-7,14,26H2,1-2H3;7-12,15,25,27,31H,2-6,13,26H2,1H3;2-3,8-11,25H,4-7,23H2,1H3. The lowest BCUT2D eigenvalue weighted by atomic mass is 10.0. The molecular formula is C67H76Cl3FN18O2. The SMILES string of the molecule is CCCCNC1CCN(c2cnc3nc(-c4cc(C=N)c(N)cc4O)cc(Cl)c3c2)C1.CCCCNC1CCN(c2cnc3nc(-c4cc(C=NC)c(N)cc4O)cc(Cl)c3c2)C1.CN=Cc1cc(-c2ccc3c(Cl)c(N4CCNCC4)cnc3n2)cc(F)c1N. The molecule has 9 heterocycles. The van der Waals surface area contributed by atoms with Crippen molar-refractivity contribution in [2.24, 2.45) is 9.98 Å². The minimum atomic E-state index is -0.505. The molecule has 0 radical (unpaired) electrons. The van der Waals surface area contributed by atoms with Crippen molar-refractivity contribution in [1.82, 2.24) is 45.9 Å². The number of hydrogen-bond acceptors (Lipinski definition) is 20. The van der Waals surface area contributed by atoms with Gasteiger partial charge < -0.3 is 63.5 Å². The summed E-state index contributed by atoms with van der Waals surface area (Å²) in [5.74, 6) is -0.482. The van der Waals surface area contributed by atoms with E-state index in [1.165, 1.54) is 50.1 Å². The summed E-state index contributed by atoms with van der Waals surface area (Å²) in [6.07, 6.45) is 16.8. The summed E-state index contributed by atoms with van der Waals surface area (Å²) in [4.78, 5) is 42.3. The number of nitrogens with zero attached hydrogens (tertiary/aromatic N) is 11. The Morgan fingerprint density at radius 1 is 0.626 bits per heavy atom. The van der Waals surface area contributed by atoms with Crippen LogP contribution in [0.1, 0.15) is 69.1 Å². The van der Waals surface area contributed by atoms with Crippen LogP contribution in [0.15, 0.2) is 101 Å².